The van der Waals surface area contributed by atoms with E-state index in [0.717, 1.165) is 28.7 Å². The molecule has 0 bridgehead atoms. The lowest BCUT2D eigenvalue weighted by molar-refractivity contribution is -0.157. The Morgan fingerprint density at radius 1 is 1.41 bits per heavy atom. The number of likely N-dealkylation sites (tertiary alicyclic amines) is 1. The van der Waals surface area contributed by atoms with Crippen LogP contribution >= 0.6 is 22.9 Å². The Labute approximate surface area is 140 Å². The fourth-order valence-corrected chi connectivity index (χ4v) is 4.29. The Hall–Kier alpha value is -0.620. The van der Waals surface area contributed by atoms with E-state index < -0.39 is 5.60 Å². The minimum Gasteiger partial charge on any atom is -0.379 e. The molecular weight excluding hydrogens is 320 g/mol. The zero-order valence-corrected chi connectivity index (χ0v) is 14.3. The van der Waals surface area contributed by atoms with E-state index in [2.05, 4.69) is 5.32 Å². The number of nitrogens with zero attached hydrogens (tertiary/aromatic N) is 1. The van der Waals surface area contributed by atoms with Crippen LogP contribution in [0.5, 0.6) is 0 Å². The normalized spacial score (nSPS) is 26.3. The number of rotatable bonds is 6. The van der Waals surface area contributed by atoms with E-state index in [1.807, 2.05) is 17.0 Å². The lowest BCUT2D eigenvalue weighted by Gasteiger charge is -2.41. The number of carbonyl (C=O) groups is 1. The van der Waals surface area contributed by atoms with Crippen LogP contribution in [0.3, 0.4) is 0 Å². The van der Waals surface area contributed by atoms with Crippen LogP contribution in [0, 0.1) is 5.92 Å². The van der Waals surface area contributed by atoms with Gasteiger partial charge in [0.2, 0.25) is 0 Å². The molecule has 122 valence electrons. The van der Waals surface area contributed by atoms with Gasteiger partial charge < -0.3 is 15.3 Å². The quantitative estimate of drug-likeness (QED) is 0.835. The SMILES string of the molecule is O=C1N(CC2CCC2)CCCC1(O)CNCc1ccc(Cl)s1. The zero-order chi connectivity index (χ0) is 15.6. The first-order valence-electron chi connectivity index (χ1n) is 8.03. The van der Waals surface area contributed by atoms with Crippen molar-refractivity contribution >= 4 is 28.8 Å². The molecule has 0 radical (unpaired) electrons. The van der Waals surface area contributed by atoms with Crippen LogP contribution in [0.15, 0.2) is 12.1 Å². The fourth-order valence-electron chi connectivity index (χ4n) is 3.23. The molecule has 2 N–H and O–H groups in total. The molecule has 1 saturated heterocycles. The summed E-state index contributed by atoms with van der Waals surface area (Å²) in [5.74, 6) is 0.551. The van der Waals surface area contributed by atoms with Crippen molar-refractivity contribution in [2.75, 3.05) is 19.6 Å². The molecule has 0 spiro atoms. The van der Waals surface area contributed by atoms with Crippen molar-refractivity contribution in [2.24, 2.45) is 5.92 Å². The Bertz CT molecular complexity index is 532. The fraction of sp³-hybridized carbons (Fsp3) is 0.688. The van der Waals surface area contributed by atoms with Crippen LogP contribution in [0.1, 0.15) is 37.0 Å². The number of amides is 1. The minimum atomic E-state index is -1.25. The molecule has 4 nitrogen and oxygen atoms in total. The molecule has 22 heavy (non-hydrogen) atoms. The van der Waals surface area contributed by atoms with Crippen molar-refractivity contribution in [3.63, 3.8) is 0 Å². The van der Waals surface area contributed by atoms with Crippen molar-refractivity contribution in [1.82, 2.24) is 10.2 Å². The number of aliphatic hydroxyl groups is 1. The summed E-state index contributed by atoms with van der Waals surface area (Å²) in [5, 5.41) is 13.9. The molecule has 1 aliphatic heterocycles. The number of hydrogen-bond acceptors (Lipinski definition) is 4. The van der Waals surface area contributed by atoms with Gasteiger partial charge in [0.25, 0.3) is 5.91 Å². The van der Waals surface area contributed by atoms with Crippen LogP contribution in [0.2, 0.25) is 4.34 Å². The number of nitrogens with one attached hydrogen (secondary N) is 1. The standard InChI is InChI=1S/C16H23ClN2O2S/c17-14-6-5-13(22-14)9-18-11-16(21)7-2-8-19(15(16)20)10-12-3-1-4-12/h5-6,12,18,21H,1-4,7-11H2. The highest BCUT2D eigenvalue weighted by atomic mass is 35.5. The number of thiophene rings is 1. The summed E-state index contributed by atoms with van der Waals surface area (Å²) in [7, 11) is 0. The summed E-state index contributed by atoms with van der Waals surface area (Å²) < 4.78 is 0.760. The van der Waals surface area contributed by atoms with Crippen molar-refractivity contribution in [3.05, 3.63) is 21.3 Å². The molecule has 1 aliphatic carbocycles. The molecule has 6 heteroatoms. The van der Waals surface area contributed by atoms with Crippen LogP contribution in [0.4, 0.5) is 0 Å². The Morgan fingerprint density at radius 2 is 2.23 bits per heavy atom. The van der Waals surface area contributed by atoms with E-state index in [9.17, 15) is 9.90 Å². The van der Waals surface area contributed by atoms with Crippen molar-refractivity contribution < 1.29 is 9.90 Å². The average molecular weight is 343 g/mol. The monoisotopic (exact) mass is 342 g/mol. The third-order valence-electron chi connectivity index (χ3n) is 4.75. The van der Waals surface area contributed by atoms with Gasteiger partial charge in [0.15, 0.2) is 5.60 Å². The van der Waals surface area contributed by atoms with Crippen molar-refractivity contribution in [3.8, 4) is 0 Å². The van der Waals surface area contributed by atoms with E-state index in [4.69, 9.17) is 11.6 Å². The zero-order valence-electron chi connectivity index (χ0n) is 12.7. The number of piperidine rings is 1. The van der Waals surface area contributed by atoms with Crippen molar-refractivity contribution in [1.29, 1.82) is 0 Å². The van der Waals surface area contributed by atoms with Crippen molar-refractivity contribution in [2.45, 2.75) is 44.2 Å². The second-order valence-electron chi connectivity index (χ2n) is 6.49. The highest BCUT2D eigenvalue weighted by Crippen LogP contribution is 2.30. The van der Waals surface area contributed by atoms with Gasteiger partial charge in [-0.25, -0.2) is 0 Å². The van der Waals surface area contributed by atoms with Crippen LogP contribution < -0.4 is 5.32 Å². The number of halogens is 1. The lowest BCUT2D eigenvalue weighted by Crippen LogP contribution is -2.58. The van der Waals surface area contributed by atoms with Gasteiger partial charge in [0.05, 0.1) is 4.34 Å². The first-order chi connectivity index (χ1) is 10.6. The molecule has 3 rings (SSSR count). The predicted molar refractivity (Wildman–Crippen MR) is 89.1 cm³/mol. The third kappa shape index (κ3) is 3.65. The molecule has 0 aromatic carbocycles. The van der Waals surface area contributed by atoms with Crippen LogP contribution in [-0.2, 0) is 11.3 Å². The van der Waals surface area contributed by atoms with Gasteiger partial charge in [-0.1, -0.05) is 18.0 Å². The molecule has 1 aromatic heterocycles. The van der Waals surface area contributed by atoms with Crippen LogP contribution in [-0.4, -0.2) is 41.1 Å². The number of hydrogen-bond donors (Lipinski definition) is 2. The summed E-state index contributed by atoms with van der Waals surface area (Å²) in [5.41, 5.74) is -1.25. The molecule has 1 saturated carbocycles. The first-order valence-corrected chi connectivity index (χ1v) is 9.23. The first kappa shape index (κ1) is 16.2. The van der Waals surface area contributed by atoms with E-state index in [-0.39, 0.29) is 5.91 Å². The van der Waals surface area contributed by atoms with E-state index in [0.29, 0.717) is 25.4 Å². The molecular formula is C16H23ClN2O2S. The third-order valence-corrected chi connectivity index (χ3v) is 5.98. The van der Waals surface area contributed by atoms with E-state index in [1.165, 1.54) is 30.6 Å². The Balaban J connectivity index is 1.52. The maximum absolute atomic E-state index is 12.6. The van der Waals surface area contributed by atoms with Gasteiger partial charge in [0.1, 0.15) is 0 Å². The highest BCUT2D eigenvalue weighted by molar-refractivity contribution is 7.16. The van der Waals surface area contributed by atoms with Gasteiger partial charge in [-0.05, 0) is 43.7 Å². The summed E-state index contributed by atoms with van der Waals surface area (Å²) in [6.45, 7) is 2.55. The molecule has 1 unspecified atom stereocenters. The topological polar surface area (TPSA) is 52.6 Å². The summed E-state index contributed by atoms with van der Waals surface area (Å²) in [6.07, 6.45) is 5.15. The molecule has 1 atom stereocenters. The van der Waals surface area contributed by atoms with Gasteiger partial charge in [0, 0.05) is 31.1 Å². The summed E-state index contributed by atoms with van der Waals surface area (Å²) >= 11 is 7.43. The maximum Gasteiger partial charge on any atom is 0.255 e. The maximum atomic E-state index is 12.6. The smallest absolute Gasteiger partial charge is 0.255 e. The lowest BCUT2D eigenvalue weighted by atomic mass is 9.83. The second kappa shape index (κ2) is 6.87. The molecule has 2 aliphatic rings. The molecule has 1 aromatic rings. The van der Waals surface area contributed by atoms with Gasteiger partial charge in [-0.3, -0.25) is 4.79 Å². The minimum absolute atomic E-state index is 0.0950. The second-order valence-corrected chi connectivity index (χ2v) is 8.29. The van der Waals surface area contributed by atoms with Gasteiger partial charge in [-0.2, -0.15) is 0 Å². The Kier molecular flexibility index (Phi) is 5.07. The summed E-state index contributed by atoms with van der Waals surface area (Å²) in [6, 6.07) is 3.83. The highest BCUT2D eigenvalue weighted by Gasteiger charge is 2.42. The van der Waals surface area contributed by atoms with Crippen LogP contribution in [0.25, 0.3) is 0 Å². The molecule has 2 heterocycles. The van der Waals surface area contributed by atoms with E-state index >= 15 is 0 Å². The molecule has 1 amide bonds. The largest absolute Gasteiger partial charge is 0.379 e. The molecule has 2 fully saturated rings. The van der Waals surface area contributed by atoms with Gasteiger partial charge in [-0.15, -0.1) is 11.3 Å². The predicted octanol–water partition coefficient (Wildman–Crippen LogP) is 2.64. The summed E-state index contributed by atoms with van der Waals surface area (Å²) in [4.78, 5) is 15.6. The van der Waals surface area contributed by atoms with Gasteiger partial charge >= 0.3 is 0 Å². The number of carbonyl (C=O) groups excluding carboxylic acids is 1. The Morgan fingerprint density at radius 3 is 2.86 bits per heavy atom. The average Bonchev–Trinajstić information content (AvgIpc) is 2.84. The van der Waals surface area contributed by atoms with E-state index in [1.54, 1.807) is 0 Å².